The van der Waals surface area contributed by atoms with Gasteiger partial charge in [-0.25, -0.2) is 14.2 Å². The number of hydrogen-bond acceptors (Lipinski definition) is 3. The highest BCUT2D eigenvalue weighted by molar-refractivity contribution is 6.32. The minimum Gasteiger partial charge on any atom is -0.352 e. The zero-order valence-electron chi connectivity index (χ0n) is 15.6. The van der Waals surface area contributed by atoms with Crippen LogP contribution in [0.2, 0.25) is 5.02 Å². The Morgan fingerprint density at radius 2 is 1.85 bits per heavy atom. The summed E-state index contributed by atoms with van der Waals surface area (Å²) in [5.41, 5.74) is 0.549. The number of piperazine rings is 1. The topological polar surface area (TPSA) is 48.5 Å². The molecule has 0 unspecified atom stereocenters. The van der Waals surface area contributed by atoms with E-state index < -0.39 is 5.54 Å². The Balaban J connectivity index is 1.54. The quantitative estimate of drug-likeness (QED) is 0.865. The van der Waals surface area contributed by atoms with Crippen molar-refractivity contribution in [3.05, 3.63) is 59.0 Å². The third-order valence-electron chi connectivity index (χ3n) is 4.61. The first kappa shape index (κ1) is 19.4. The van der Waals surface area contributed by atoms with Crippen LogP contribution in [-0.4, -0.2) is 47.6 Å². The molecule has 2 heterocycles. The van der Waals surface area contributed by atoms with E-state index >= 15 is 0 Å². The van der Waals surface area contributed by atoms with Crippen LogP contribution >= 0.6 is 11.6 Å². The van der Waals surface area contributed by atoms with Crippen molar-refractivity contribution < 1.29 is 9.18 Å². The van der Waals surface area contributed by atoms with E-state index in [4.69, 9.17) is 11.6 Å². The molecule has 1 N–H and O–H groups in total. The number of pyridine rings is 1. The number of anilines is 1. The van der Waals surface area contributed by atoms with E-state index in [9.17, 15) is 9.18 Å². The van der Waals surface area contributed by atoms with Crippen LogP contribution in [0.15, 0.2) is 42.6 Å². The van der Waals surface area contributed by atoms with E-state index in [2.05, 4.69) is 15.2 Å². The van der Waals surface area contributed by atoms with Gasteiger partial charge in [-0.1, -0.05) is 23.7 Å². The smallest absolute Gasteiger partial charge is 0.317 e. The average Bonchev–Trinajstić information content (AvgIpc) is 2.63. The molecule has 1 aromatic carbocycles. The molecule has 0 atom stereocenters. The number of nitrogens with one attached hydrogen (secondary N) is 1. The fourth-order valence-electron chi connectivity index (χ4n) is 3.26. The minimum absolute atomic E-state index is 0.0890. The minimum atomic E-state index is -0.434. The number of halogens is 2. The molecule has 3 rings (SSSR count). The van der Waals surface area contributed by atoms with Gasteiger partial charge in [0.25, 0.3) is 0 Å². The lowest BCUT2D eigenvalue weighted by Crippen LogP contribution is -2.56. The van der Waals surface area contributed by atoms with Gasteiger partial charge in [0.1, 0.15) is 11.6 Å². The van der Waals surface area contributed by atoms with Crippen LogP contribution in [-0.2, 0) is 6.42 Å². The second kappa shape index (κ2) is 8.13. The van der Waals surface area contributed by atoms with Crippen molar-refractivity contribution in [2.75, 3.05) is 31.1 Å². The summed E-state index contributed by atoms with van der Waals surface area (Å²) in [4.78, 5) is 20.9. The highest BCUT2D eigenvalue weighted by Crippen LogP contribution is 2.23. The Kier molecular flexibility index (Phi) is 5.85. The highest BCUT2D eigenvalue weighted by Gasteiger charge is 2.27. The standard InChI is InChI=1S/C20H24ClFN4O/c1-20(2,14-15-5-7-16(22)8-6-15)24-19(27)26-12-10-25(11-13-26)18-17(21)4-3-9-23-18/h3-9H,10-14H2,1-2H3,(H,24,27). The zero-order chi connectivity index (χ0) is 19.4. The van der Waals surface area contributed by atoms with Gasteiger partial charge in [-0.2, -0.15) is 0 Å². The maximum atomic E-state index is 13.1. The molecule has 0 saturated carbocycles. The van der Waals surface area contributed by atoms with Gasteiger partial charge >= 0.3 is 6.03 Å². The van der Waals surface area contributed by atoms with Gasteiger partial charge < -0.3 is 15.1 Å². The molecular formula is C20H24ClFN4O. The molecule has 0 spiro atoms. The van der Waals surface area contributed by atoms with Gasteiger partial charge in [0.15, 0.2) is 0 Å². The lowest BCUT2D eigenvalue weighted by Gasteiger charge is -2.37. The van der Waals surface area contributed by atoms with E-state index in [1.807, 2.05) is 19.9 Å². The monoisotopic (exact) mass is 390 g/mol. The van der Waals surface area contributed by atoms with Crippen molar-refractivity contribution in [2.45, 2.75) is 25.8 Å². The zero-order valence-corrected chi connectivity index (χ0v) is 16.3. The number of amides is 2. The Bertz CT molecular complexity index is 789. The third-order valence-corrected chi connectivity index (χ3v) is 4.91. The van der Waals surface area contributed by atoms with Crippen LogP contribution in [0, 0.1) is 5.82 Å². The van der Waals surface area contributed by atoms with E-state index in [0.717, 1.165) is 11.4 Å². The molecule has 1 aliphatic rings. The fourth-order valence-corrected chi connectivity index (χ4v) is 3.50. The Labute approximate surface area is 164 Å². The van der Waals surface area contributed by atoms with Gasteiger partial charge in [0.05, 0.1) is 5.02 Å². The molecule has 2 aromatic rings. The molecule has 1 aromatic heterocycles. The normalized spacial score (nSPS) is 15.0. The SMILES string of the molecule is CC(C)(Cc1ccc(F)cc1)NC(=O)N1CCN(c2ncccc2Cl)CC1. The fraction of sp³-hybridized carbons (Fsp3) is 0.400. The molecule has 5 nitrogen and oxygen atoms in total. The molecular weight excluding hydrogens is 367 g/mol. The number of rotatable bonds is 4. The molecule has 144 valence electrons. The Morgan fingerprint density at radius 1 is 1.19 bits per heavy atom. The summed E-state index contributed by atoms with van der Waals surface area (Å²) in [6.45, 7) is 6.51. The molecule has 1 fully saturated rings. The maximum Gasteiger partial charge on any atom is 0.317 e. The predicted octanol–water partition coefficient (Wildman–Crippen LogP) is 3.73. The number of hydrogen-bond donors (Lipinski definition) is 1. The van der Waals surface area contributed by atoms with Crippen molar-refractivity contribution in [2.24, 2.45) is 0 Å². The number of benzene rings is 1. The van der Waals surface area contributed by atoms with Crippen LogP contribution in [0.4, 0.5) is 15.0 Å². The van der Waals surface area contributed by atoms with Crippen LogP contribution in [0.1, 0.15) is 19.4 Å². The van der Waals surface area contributed by atoms with Gasteiger partial charge in [0.2, 0.25) is 0 Å². The molecule has 27 heavy (non-hydrogen) atoms. The molecule has 7 heteroatoms. The summed E-state index contributed by atoms with van der Waals surface area (Å²) in [5, 5.41) is 3.71. The van der Waals surface area contributed by atoms with Crippen molar-refractivity contribution in [3.8, 4) is 0 Å². The van der Waals surface area contributed by atoms with Crippen LogP contribution < -0.4 is 10.2 Å². The molecule has 1 saturated heterocycles. The first-order valence-corrected chi connectivity index (χ1v) is 9.39. The number of carbonyl (C=O) groups is 1. The lowest BCUT2D eigenvalue weighted by atomic mass is 9.95. The first-order valence-electron chi connectivity index (χ1n) is 9.01. The van der Waals surface area contributed by atoms with Crippen molar-refractivity contribution >= 4 is 23.4 Å². The van der Waals surface area contributed by atoms with E-state index in [1.54, 1.807) is 29.3 Å². The van der Waals surface area contributed by atoms with Crippen molar-refractivity contribution in [1.29, 1.82) is 0 Å². The second-order valence-corrected chi connectivity index (χ2v) is 7.81. The van der Waals surface area contributed by atoms with Crippen LogP contribution in [0.3, 0.4) is 0 Å². The maximum absolute atomic E-state index is 13.1. The summed E-state index contributed by atoms with van der Waals surface area (Å²) < 4.78 is 13.1. The molecule has 0 aliphatic carbocycles. The van der Waals surface area contributed by atoms with E-state index in [-0.39, 0.29) is 11.8 Å². The Morgan fingerprint density at radius 3 is 2.48 bits per heavy atom. The molecule has 0 radical (unpaired) electrons. The van der Waals surface area contributed by atoms with Gasteiger partial charge in [0, 0.05) is 37.9 Å². The number of aromatic nitrogens is 1. The number of nitrogens with zero attached hydrogens (tertiary/aromatic N) is 3. The average molecular weight is 391 g/mol. The lowest BCUT2D eigenvalue weighted by molar-refractivity contribution is 0.183. The van der Waals surface area contributed by atoms with Crippen molar-refractivity contribution in [3.63, 3.8) is 0 Å². The van der Waals surface area contributed by atoms with E-state index in [1.165, 1.54) is 12.1 Å². The van der Waals surface area contributed by atoms with E-state index in [0.29, 0.717) is 37.6 Å². The largest absolute Gasteiger partial charge is 0.352 e. The summed E-state index contributed by atoms with van der Waals surface area (Å²) >= 11 is 6.21. The Hall–Kier alpha value is -2.34. The van der Waals surface area contributed by atoms with Gasteiger partial charge in [-0.3, -0.25) is 0 Å². The van der Waals surface area contributed by atoms with Gasteiger partial charge in [-0.15, -0.1) is 0 Å². The summed E-state index contributed by atoms with van der Waals surface area (Å²) in [6.07, 6.45) is 2.35. The number of urea groups is 1. The highest BCUT2D eigenvalue weighted by atomic mass is 35.5. The van der Waals surface area contributed by atoms with Gasteiger partial charge in [-0.05, 0) is 50.1 Å². The van der Waals surface area contributed by atoms with Crippen molar-refractivity contribution in [1.82, 2.24) is 15.2 Å². The molecule has 2 amide bonds. The predicted molar refractivity (Wildman–Crippen MR) is 106 cm³/mol. The third kappa shape index (κ3) is 5.10. The van der Waals surface area contributed by atoms with Crippen LogP contribution in [0.5, 0.6) is 0 Å². The van der Waals surface area contributed by atoms with Crippen LogP contribution in [0.25, 0.3) is 0 Å². The molecule has 1 aliphatic heterocycles. The summed E-state index contributed by atoms with van der Waals surface area (Å²) in [7, 11) is 0. The summed E-state index contributed by atoms with van der Waals surface area (Å²) in [5.74, 6) is 0.502. The molecule has 0 bridgehead atoms. The summed E-state index contributed by atoms with van der Waals surface area (Å²) in [6, 6.07) is 9.91. The first-order chi connectivity index (χ1) is 12.8. The number of carbonyl (C=O) groups excluding carboxylic acids is 1. The second-order valence-electron chi connectivity index (χ2n) is 7.40.